The first-order valence-electron chi connectivity index (χ1n) is 6.85. The molecule has 0 bridgehead atoms. The van der Waals surface area contributed by atoms with Crippen molar-refractivity contribution in [3.8, 4) is 0 Å². The largest absolute Gasteiger partial charge is 0.396 e. The zero-order valence-corrected chi connectivity index (χ0v) is 11.7. The minimum Gasteiger partial charge on any atom is -0.396 e. The highest BCUT2D eigenvalue weighted by atomic mass is 16.5. The van der Waals surface area contributed by atoms with E-state index in [1.165, 1.54) is 5.56 Å². The van der Waals surface area contributed by atoms with Crippen LogP contribution in [0, 0.1) is 19.3 Å². The molecule has 1 aliphatic heterocycles. The van der Waals surface area contributed by atoms with Crippen molar-refractivity contribution < 1.29 is 9.63 Å². The Morgan fingerprint density at radius 1 is 1.33 bits per heavy atom. The monoisotopic (exact) mass is 252 g/mol. The van der Waals surface area contributed by atoms with Crippen LogP contribution in [-0.2, 0) is 6.54 Å². The molecule has 2 rings (SSSR count). The second-order valence-corrected chi connectivity index (χ2v) is 5.59. The van der Waals surface area contributed by atoms with Crippen LogP contribution in [0.5, 0.6) is 0 Å². The summed E-state index contributed by atoms with van der Waals surface area (Å²) in [5, 5.41) is 13.5. The quantitative estimate of drug-likeness (QED) is 0.893. The molecular formula is C14H24N2O2. The first kappa shape index (κ1) is 13.6. The van der Waals surface area contributed by atoms with Crippen LogP contribution in [0.1, 0.15) is 43.2 Å². The molecule has 0 aliphatic carbocycles. The van der Waals surface area contributed by atoms with Crippen molar-refractivity contribution in [1.82, 2.24) is 10.1 Å². The maximum Gasteiger partial charge on any atom is 0.138 e. The van der Waals surface area contributed by atoms with Gasteiger partial charge in [-0.25, -0.2) is 0 Å². The van der Waals surface area contributed by atoms with Gasteiger partial charge in [-0.1, -0.05) is 12.1 Å². The molecule has 0 aromatic carbocycles. The predicted molar refractivity (Wildman–Crippen MR) is 70.3 cm³/mol. The summed E-state index contributed by atoms with van der Waals surface area (Å²) in [7, 11) is 0. The Bertz CT molecular complexity index is 367. The molecule has 1 saturated heterocycles. The Balaban J connectivity index is 1.95. The van der Waals surface area contributed by atoms with Gasteiger partial charge in [-0.2, -0.15) is 0 Å². The number of aryl methyl sites for hydroxylation is 2. The molecule has 2 heterocycles. The van der Waals surface area contributed by atoms with Crippen LogP contribution in [0.25, 0.3) is 0 Å². The van der Waals surface area contributed by atoms with Crippen LogP contribution in [0.2, 0.25) is 0 Å². The first-order chi connectivity index (χ1) is 8.60. The lowest BCUT2D eigenvalue weighted by atomic mass is 9.77. The van der Waals surface area contributed by atoms with E-state index in [9.17, 15) is 5.11 Å². The Morgan fingerprint density at radius 3 is 2.44 bits per heavy atom. The highest BCUT2D eigenvalue weighted by Crippen LogP contribution is 2.34. The molecule has 1 aliphatic rings. The summed E-state index contributed by atoms with van der Waals surface area (Å²) in [5.41, 5.74) is 2.39. The van der Waals surface area contributed by atoms with Crippen LogP contribution < -0.4 is 0 Å². The maximum absolute atomic E-state index is 9.53. The molecule has 1 fully saturated rings. The third kappa shape index (κ3) is 2.59. The van der Waals surface area contributed by atoms with Gasteiger partial charge in [-0.3, -0.25) is 4.90 Å². The van der Waals surface area contributed by atoms with E-state index in [4.69, 9.17) is 4.52 Å². The predicted octanol–water partition coefficient (Wildman–Crippen LogP) is 2.28. The van der Waals surface area contributed by atoms with E-state index in [2.05, 4.69) is 17.0 Å². The molecule has 0 radical (unpaired) electrons. The number of hydrogen-bond donors (Lipinski definition) is 1. The molecule has 18 heavy (non-hydrogen) atoms. The van der Waals surface area contributed by atoms with E-state index >= 15 is 0 Å². The molecule has 0 atom stereocenters. The molecule has 0 amide bonds. The summed E-state index contributed by atoms with van der Waals surface area (Å²) in [5.74, 6) is 0.932. The van der Waals surface area contributed by atoms with Crippen molar-refractivity contribution >= 4 is 0 Å². The Kier molecular flexibility index (Phi) is 4.07. The fraction of sp³-hybridized carbons (Fsp3) is 0.786. The number of nitrogens with zero attached hydrogens (tertiary/aromatic N) is 2. The summed E-state index contributed by atoms with van der Waals surface area (Å²) >= 11 is 0. The van der Waals surface area contributed by atoms with Crippen LogP contribution >= 0.6 is 0 Å². The Labute approximate surface area is 109 Å². The molecular weight excluding hydrogens is 228 g/mol. The summed E-state index contributed by atoms with van der Waals surface area (Å²) in [4.78, 5) is 2.44. The van der Waals surface area contributed by atoms with Gasteiger partial charge in [-0.15, -0.1) is 0 Å². The van der Waals surface area contributed by atoms with Crippen molar-refractivity contribution in [2.75, 3.05) is 19.7 Å². The van der Waals surface area contributed by atoms with Gasteiger partial charge in [0.15, 0.2) is 0 Å². The van der Waals surface area contributed by atoms with Gasteiger partial charge in [0.25, 0.3) is 0 Å². The van der Waals surface area contributed by atoms with Crippen LogP contribution in [0.15, 0.2) is 4.52 Å². The van der Waals surface area contributed by atoms with Gasteiger partial charge in [0.2, 0.25) is 0 Å². The summed E-state index contributed by atoms with van der Waals surface area (Å²) in [6.45, 7) is 9.51. The topological polar surface area (TPSA) is 49.5 Å². The molecule has 0 spiro atoms. The fourth-order valence-corrected chi connectivity index (χ4v) is 2.76. The highest BCUT2D eigenvalue weighted by molar-refractivity contribution is 5.20. The average molecular weight is 252 g/mol. The zero-order chi connectivity index (χ0) is 13.2. The minimum atomic E-state index is 0.162. The van der Waals surface area contributed by atoms with E-state index < -0.39 is 0 Å². The van der Waals surface area contributed by atoms with E-state index in [0.29, 0.717) is 6.61 Å². The van der Waals surface area contributed by atoms with Crippen molar-refractivity contribution in [1.29, 1.82) is 0 Å². The molecule has 1 aromatic rings. The number of piperidine rings is 1. The van der Waals surface area contributed by atoms with Crippen LogP contribution in [0.3, 0.4) is 0 Å². The first-order valence-corrected chi connectivity index (χ1v) is 6.85. The van der Waals surface area contributed by atoms with Crippen LogP contribution in [0.4, 0.5) is 0 Å². The number of aliphatic hydroxyl groups is 1. The number of aliphatic hydroxyl groups excluding tert-OH is 1. The third-order valence-electron chi connectivity index (χ3n) is 4.57. The standard InChI is InChI=1S/C14H24N2O2/c1-4-14(10-17)5-7-16(8-6-14)9-13-11(2)15-18-12(13)3/h17H,4-10H2,1-3H3. The molecule has 1 aromatic heterocycles. The number of hydrogen-bond acceptors (Lipinski definition) is 4. The lowest BCUT2D eigenvalue weighted by molar-refractivity contribution is 0.0380. The molecule has 0 saturated carbocycles. The second kappa shape index (κ2) is 5.41. The van der Waals surface area contributed by atoms with Crippen molar-refractivity contribution in [3.63, 3.8) is 0 Å². The highest BCUT2D eigenvalue weighted by Gasteiger charge is 2.32. The second-order valence-electron chi connectivity index (χ2n) is 5.59. The number of aromatic nitrogens is 1. The van der Waals surface area contributed by atoms with Crippen molar-refractivity contribution in [3.05, 3.63) is 17.0 Å². The number of likely N-dealkylation sites (tertiary alicyclic amines) is 1. The lowest BCUT2D eigenvalue weighted by Gasteiger charge is -2.40. The normalized spacial score (nSPS) is 20.2. The smallest absolute Gasteiger partial charge is 0.138 e. The Morgan fingerprint density at radius 2 is 2.00 bits per heavy atom. The molecule has 4 heteroatoms. The van der Waals surface area contributed by atoms with Crippen LogP contribution in [-0.4, -0.2) is 34.9 Å². The lowest BCUT2D eigenvalue weighted by Crippen LogP contribution is -2.41. The molecule has 0 unspecified atom stereocenters. The van der Waals surface area contributed by atoms with Gasteiger partial charge in [0.05, 0.1) is 5.69 Å². The maximum atomic E-state index is 9.53. The summed E-state index contributed by atoms with van der Waals surface area (Å²) in [6, 6.07) is 0. The van der Waals surface area contributed by atoms with Gasteiger partial charge in [-0.05, 0) is 51.6 Å². The molecule has 102 valence electrons. The van der Waals surface area contributed by atoms with Gasteiger partial charge < -0.3 is 9.63 Å². The van der Waals surface area contributed by atoms with E-state index in [-0.39, 0.29) is 5.41 Å². The minimum absolute atomic E-state index is 0.162. The third-order valence-corrected chi connectivity index (χ3v) is 4.57. The van der Waals surface area contributed by atoms with Crippen molar-refractivity contribution in [2.45, 2.75) is 46.6 Å². The van der Waals surface area contributed by atoms with Gasteiger partial charge >= 0.3 is 0 Å². The SMILES string of the molecule is CCC1(CO)CCN(Cc2c(C)noc2C)CC1. The van der Waals surface area contributed by atoms with E-state index in [1.54, 1.807) is 0 Å². The zero-order valence-electron chi connectivity index (χ0n) is 11.7. The van der Waals surface area contributed by atoms with E-state index in [1.807, 2.05) is 13.8 Å². The fourth-order valence-electron chi connectivity index (χ4n) is 2.76. The molecule has 1 N–H and O–H groups in total. The summed E-state index contributed by atoms with van der Waals surface area (Å²) < 4.78 is 5.20. The van der Waals surface area contributed by atoms with Crippen molar-refractivity contribution in [2.24, 2.45) is 5.41 Å². The van der Waals surface area contributed by atoms with E-state index in [0.717, 1.165) is 50.4 Å². The average Bonchev–Trinajstić information content (AvgIpc) is 2.72. The van der Waals surface area contributed by atoms with Gasteiger partial charge in [0, 0.05) is 18.7 Å². The Hall–Kier alpha value is -0.870. The molecule has 4 nitrogen and oxygen atoms in total. The summed E-state index contributed by atoms with van der Waals surface area (Å²) in [6.07, 6.45) is 3.25. The van der Waals surface area contributed by atoms with Gasteiger partial charge in [0.1, 0.15) is 5.76 Å². The number of rotatable bonds is 4.